The Balaban J connectivity index is 3.45. The number of hydrogen-bond acceptors (Lipinski definition) is 1. The van der Waals surface area contributed by atoms with Gasteiger partial charge in [-0.1, -0.05) is 23.2 Å². The summed E-state index contributed by atoms with van der Waals surface area (Å²) in [6, 6.07) is 0. The third kappa shape index (κ3) is 6.12. The zero-order valence-electron chi connectivity index (χ0n) is 4.28. The Morgan fingerprint density at radius 1 is 1.43 bits per heavy atom. The maximum Gasteiger partial charge on any atom is 0.122 e. The lowest BCUT2D eigenvalue weighted by Gasteiger charge is -2.01. The number of hydrogen-bond donors (Lipinski definition) is 0. The van der Waals surface area contributed by atoms with Crippen molar-refractivity contribution >= 4 is 23.2 Å². The van der Waals surface area contributed by atoms with Crippen molar-refractivity contribution in [1.29, 1.82) is 0 Å². The lowest BCUT2D eigenvalue weighted by atomic mass is 10.9. The summed E-state index contributed by atoms with van der Waals surface area (Å²) in [5.41, 5.74) is 0. The van der Waals surface area contributed by atoms with Gasteiger partial charge in [0.25, 0.3) is 0 Å². The molecule has 0 aliphatic rings. The van der Waals surface area contributed by atoms with Crippen molar-refractivity contribution in [1.82, 2.24) is 4.90 Å². The van der Waals surface area contributed by atoms with Gasteiger partial charge in [-0.2, -0.15) is 0 Å². The number of rotatable bonds is 1. The molecule has 7 heavy (non-hydrogen) atoms. The van der Waals surface area contributed by atoms with E-state index in [0.717, 1.165) is 0 Å². The predicted octanol–water partition coefficient (Wildman–Crippen LogP) is 1.82. The molecular weight excluding hydrogens is 133 g/mol. The minimum atomic E-state index is 0.282. The molecule has 0 N–H and O–H groups in total. The summed E-state index contributed by atoms with van der Waals surface area (Å²) in [5.74, 6) is 0. The van der Waals surface area contributed by atoms with Crippen molar-refractivity contribution in [2.75, 3.05) is 14.1 Å². The molecule has 0 saturated carbocycles. The van der Waals surface area contributed by atoms with E-state index in [9.17, 15) is 0 Å². The SMILES string of the molecule is CN(C)C=C(Cl)Cl. The molecule has 0 spiro atoms. The topological polar surface area (TPSA) is 3.24 Å². The summed E-state index contributed by atoms with van der Waals surface area (Å²) in [5, 5.41) is 0. The van der Waals surface area contributed by atoms with Crippen molar-refractivity contribution < 1.29 is 0 Å². The van der Waals surface area contributed by atoms with Gasteiger partial charge in [-0.3, -0.25) is 0 Å². The molecule has 0 aliphatic heterocycles. The Morgan fingerprint density at radius 3 is 1.86 bits per heavy atom. The summed E-state index contributed by atoms with van der Waals surface area (Å²) >= 11 is 10.5. The normalized spacial score (nSPS) is 8.00. The van der Waals surface area contributed by atoms with E-state index in [4.69, 9.17) is 23.2 Å². The molecule has 0 amide bonds. The first-order valence-electron chi connectivity index (χ1n) is 1.82. The predicted molar refractivity (Wildman–Crippen MR) is 33.5 cm³/mol. The van der Waals surface area contributed by atoms with Gasteiger partial charge in [-0.05, 0) is 0 Å². The maximum absolute atomic E-state index is 5.26. The van der Waals surface area contributed by atoms with Crippen molar-refractivity contribution in [2.45, 2.75) is 0 Å². The van der Waals surface area contributed by atoms with E-state index in [1.807, 2.05) is 14.1 Å². The Kier molecular flexibility index (Phi) is 3.22. The van der Waals surface area contributed by atoms with Crippen molar-refractivity contribution in [2.24, 2.45) is 0 Å². The highest BCUT2D eigenvalue weighted by atomic mass is 35.5. The molecule has 0 fully saturated rings. The van der Waals surface area contributed by atoms with E-state index in [1.54, 1.807) is 11.1 Å². The standard InChI is InChI=1S/C4H7Cl2N/c1-7(2)3-4(5)6/h3H,1-2H3. The smallest absolute Gasteiger partial charge is 0.122 e. The van der Waals surface area contributed by atoms with Gasteiger partial charge in [0.15, 0.2) is 0 Å². The highest BCUT2D eigenvalue weighted by Gasteiger charge is 1.80. The van der Waals surface area contributed by atoms with Crippen molar-refractivity contribution in [3.05, 3.63) is 10.7 Å². The summed E-state index contributed by atoms with van der Waals surface area (Å²) in [6.45, 7) is 0. The molecule has 0 atom stereocenters. The summed E-state index contributed by atoms with van der Waals surface area (Å²) in [6.07, 6.45) is 1.61. The molecule has 0 aromatic heterocycles. The van der Waals surface area contributed by atoms with Gasteiger partial charge in [0.05, 0.1) is 0 Å². The lowest BCUT2D eigenvalue weighted by molar-refractivity contribution is 0.564. The molecule has 0 rings (SSSR count). The van der Waals surface area contributed by atoms with Crippen molar-refractivity contribution in [3.63, 3.8) is 0 Å². The van der Waals surface area contributed by atoms with Crippen LogP contribution in [-0.2, 0) is 0 Å². The van der Waals surface area contributed by atoms with Crippen LogP contribution in [0.15, 0.2) is 10.7 Å². The molecule has 1 nitrogen and oxygen atoms in total. The Morgan fingerprint density at radius 2 is 1.86 bits per heavy atom. The Labute approximate surface area is 53.5 Å². The fourth-order valence-corrected chi connectivity index (χ4v) is 0.586. The molecule has 0 saturated heterocycles. The Hall–Kier alpha value is 0.120. The van der Waals surface area contributed by atoms with E-state index < -0.39 is 0 Å². The molecule has 42 valence electrons. The number of nitrogens with zero attached hydrogens (tertiary/aromatic N) is 1. The highest BCUT2D eigenvalue weighted by molar-refractivity contribution is 6.55. The molecule has 0 heterocycles. The van der Waals surface area contributed by atoms with E-state index in [0.29, 0.717) is 0 Å². The first-order valence-corrected chi connectivity index (χ1v) is 2.58. The van der Waals surface area contributed by atoms with Gasteiger partial charge in [0.1, 0.15) is 4.49 Å². The molecule has 0 aromatic rings. The van der Waals surface area contributed by atoms with Crippen LogP contribution in [0.3, 0.4) is 0 Å². The fourth-order valence-electron chi connectivity index (χ4n) is 0.195. The minimum absolute atomic E-state index is 0.282. The van der Waals surface area contributed by atoms with E-state index in [-0.39, 0.29) is 4.49 Å². The van der Waals surface area contributed by atoms with Crippen LogP contribution in [0.4, 0.5) is 0 Å². The summed E-state index contributed by atoms with van der Waals surface area (Å²) < 4.78 is 0.282. The van der Waals surface area contributed by atoms with Gasteiger partial charge in [0, 0.05) is 20.3 Å². The zero-order chi connectivity index (χ0) is 5.86. The highest BCUT2D eigenvalue weighted by Crippen LogP contribution is 2.05. The molecule has 3 heteroatoms. The monoisotopic (exact) mass is 139 g/mol. The fraction of sp³-hybridized carbons (Fsp3) is 0.500. The van der Waals surface area contributed by atoms with Crippen LogP contribution in [0, 0.1) is 0 Å². The molecule has 0 unspecified atom stereocenters. The Bertz CT molecular complexity index is 73.8. The van der Waals surface area contributed by atoms with Crippen LogP contribution in [0.5, 0.6) is 0 Å². The van der Waals surface area contributed by atoms with Gasteiger partial charge in [-0.15, -0.1) is 0 Å². The minimum Gasteiger partial charge on any atom is -0.382 e. The average molecular weight is 140 g/mol. The quantitative estimate of drug-likeness (QED) is 0.536. The van der Waals surface area contributed by atoms with Gasteiger partial charge < -0.3 is 4.90 Å². The van der Waals surface area contributed by atoms with Crippen LogP contribution in [0.2, 0.25) is 0 Å². The first kappa shape index (κ1) is 7.12. The molecule has 0 aliphatic carbocycles. The first-order chi connectivity index (χ1) is 3.13. The zero-order valence-corrected chi connectivity index (χ0v) is 5.79. The van der Waals surface area contributed by atoms with Gasteiger partial charge in [0.2, 0.25) is 0 Å². The molecule has 0 aromatic carbocycles. The lowest BCUT2D eigenvalue weighted by Crippen LogP contribution is -1.99. The van der Waals surface area contributed by atoms with Crippen LogP contribution < -0.4 is 0 Å². The van der Waals surface area contributed by atoms with Crippen LogP contribution in [0.1, 0.15) is 0 Å². The number of halogens is 2. The second kappa shape index (κ2) is 3.16. The van der Waals surface area contributed by atoms with Crippen LogP contribution in [0.25, 0.3) is 0 Å². The molecule has 0 bridgehead atoms. The van der Waals surface area contributed by atoms with Gasteiger partial charge in [-0.25, -0.2) is 0 Å². The van der Waals surface area contributed by atoms with Gasteiger partial charge >= 0.3 is 0 Å². The second-order valence-corrected chi connectivity index (χ2v) is 2.39. The summed E-state index contributed by atoms with van der Waals surface area (Å²) in [7, 11) is 3.70. The van der Waals surface area contributed by atoms with Crippen LogP contribution >= 0.6 is 23.2 Å². The van der Waals surface area contributed by atoms with E-state index in [2.05, 4.69) is 0 Å². The largest absolute Gasteiger partial charge is 0.382 e. The third-order valence-electron chi connectivity index (χ3n) is 0.356. The van der Waals surface area contributed by atoms with E-state index in [1.165, 1.54) is 0 Å². The summed E-state index contributed by atoms with van der Waals surface area (Å²) in [4.78, 5) is 1.77. The molecular formula is C4H7Cl2N. The maximum atomic E-state index is 5.26. The van der Waals surface area contributed by atoms with Crippen molar-refractivity contribution in [3.8, 4) is 0 Å². The third-order valence-corrected chi connectivity index (χ3v) is 0.551. The van der Waals surface area contributed by atoms with Crippen LogP contribution in [-0.4, -0.2) is 19.0 Å². The van der Waals surface area contributed by atoms with E-state index >= 15 is 0 Å². The second-order valence-electron chi connectivity index (χ2n) is 1.38. The molecule has 0 radical (unpaired) electrons. The average Bonchev–Trinajstić information content (AvgIpc) is 1.27.